The fourth-order valence-corrected chi connectivity index (χ4v) is 3.93. The van der Waals surface area contributed by atoms with Crippen molar-refractivity contribution in [2.75, 3.05) is 0 Å². The Hall–Kier alpha value is -3.73. The van der Waals surface area contributed by atoms with Crippen LogP contribution in [0, 0.1) is 0 Å². The van der Waals surface area contributed by atoms with Crippen LogP contribution in [0.15, 0.2) is 74.5 Å². The fourth-order valence-electron chi connectivity index (χ4n) is 3.93. The lowest BCUT2D eigenvalue weighted by atomic mass is 9.98. The van der Waals surface area contributed by atoms with Gasteiger partial charge in [0.25, 0.3) is 0 Å². The van der Waals surface area contributed by atoms with Crippen LogP contribution in [-0.4, -0.2) is 15.3 Å². The van der Waals surface area contributed by atoms with Gasteiger partial charge in [-0.15, -0.1) is 0 Å². The zero-order valence-electron chi connectivity index (χ0n) is 21.1. The van der Waals surface area contributed by atoms with E-state index in [2.05, 4.69) is 19.9 Å². The lowest BCUT2D eigenvalue weighted by Gasteiger charge is -2.14. The van der Waals surface area contributed by atoms with E-state index in [4.69, 9.17) is 4.42 Å². The number of hydrogen-bond acceptors (Lipinski definition) is 5. The van der Waals surface area contributed by atoms with Gasteiger partial charge in [-0.3, -0.25) is 4.79 Å². The number of phenolic OH excluding ortho intramolecular Hbond substituents is 3. The monoisotopic (exact) mass is 474 g/mol. The summed E-state index contributed by atoms with van der Waals surface area (Å²) in [6, 6.07) is 7.29. The van der Waals surface area contributed by atoms with Gasteiger partial charge in [0.2, 0.25) is 0 Å². The van der Waals surface area contributed by atoms with Gasteiger partial charge in [-0.25, -0.2) is 0 Å². The summed E-state index contributed by atoms with van der Waals surface area (Å²) in [5.41, 5.74) is 4.82. The molecule has 5 heteroatoms. The Morgan fingerprint density at radius 3 is 2.17 bits per heavy atom. The van der Waals surface area contributed by atoms with Crippen molar-refractivity contribution in [3.8, 4) is 28.6 Å². The Bertz CT molecular complexity index is 1380. The molecule has 2 aromatic carbocycles. The topological polar surface area (TPSA) is 90.9 Å². The molecule has 3 aromatic rings. The maximum absolute atomic E-state index is 13.7. The molecule has 1 aromatic heterocycles. The van der Waals surface area contributed by atoms with Crippen molar-refractivity contribution in [3.05, 3.63) is 86.6 Å². The molecular formula is C30H34O5. The Kier molecular flexibility index (Phi) is 8.23. The highest BCUT2D eigenvalue weighted by atomic mass is 16.3. The lowest BCUT2D eigenvalue weighted by Crippen LogP contribution is -2.12. The summed E-state index contributed by atoms with van der Waals surface area (Å²) in [5, 5.41) is 31.3. The molecule has 0 amide bonds. The van der Waals surface area contributed by atoms with E-state index in [-0.39, 0.29) is 28.4 Å². The second-order valence-electron chi connectivity index (χ2n) is 9.44. The van der Waals surface area contributed by atoms with Crippen molar-refractivity contribution < 1.29 is 19.7 Å². The van der Waals surface area contributed by atoms with Crippen LogP contribution in [0.25, 0.3) is 22.3 Å². The van der Waals surface area contributed by atoms with Gasteiger partial charge >= 0.3 is 0 Å². The molecule has 0 bridgehead atoms. The SMILES string of the molecule is CC(C)=CCCC(C)=CCc1c(-c2ccc(O)cc2O)oc2c(CC=C(C)C)c(O)ccc2c1=O. The summed E-state index contributed by atoms with van der Waals surface area (Å²) in [6.07, 6.45) is 8.69. The van der Waals surface area contributed by atoms with Gasteiger partial charge in [0.1, 0.15) is 28.6 Å². The highest BCUT2D eigenvalue weighted by Crippen LogP contribution is 2.37. The van der Waals surface area contributed by atoms with Gasteiger partial charge in [0.15, 0.2) is 5.43 Å². The van der Waals surface area contributed by atoms with Crippen LogP contribution >= 0.6 is 0 Å². The first-order chi connectivity index (χ1) is 16.6. The van der Waals surface area contributed by atoms with Crippen LogP contribution in [0.4, 0.5) is 0 Å². The van der Waals surface area contributed by atoms with E-state index in [1.165, 1.54) is 29.8 Å². The number of fused-ring (bicyclic) bond motifs is 1. The molecule has 0 aliphatic carbocycles. The molecule has 3 N–H and O–H groups in total. The summed E-state index contributed by atoms with van der Waals surface area (Å²) in [4.78, 5) is 13.7. The molecule has 0 aliphatic heterocycles. The number of rotatable bonds is 8. The Morgan fingerprint density at radius 1 is 0.829 bits per heavy atom. The Balaban J connectivity index is 2.22. The molecule has 3 rings (SSSR count). The van der Waals surface area contributed by atoms with Gasteiger partial charge in [-0.05, 0) is 84.6 Å². The van der Waals surface area contributed by atoms with E-state index < -0.39 is 0 Å². The van der Waals surface area contributed by atoms with Crippen molar-refractivity contribution >= 4 is 11.0 Å². The van der Waals surface area contributed by atoms with Crippen LogP contribution in [0.1, 0.15) is 58.6 Å². The smallest absolute Gasteiger partial charge is 0.196 e. The van der Waals surface area contributed by atoms with Crippen molar-refractivity contribution in [2.24, 2.45) is 0 Å². The first kappa shape index (κ1) is 25.9. The van der Waals surface area contributed by atoms with E-state index in [0.717, 1.165) is 24.0 Å². The van der Waals surface area contributed by atoms with Crippen molar-refractivity contribution in [2.45, 2.75) is 60.3 Å². The van der Waals surface area contributed by atoms with E-state index in [9.17, 15) is 20.1 Å². The maximum Gasteiger partial charge on any atom is 0.196 e. The fraction of sp³-hybridized carbons (Fsp3) is 0.300. The molecule has 35 heavy (non-hydrogen) atoms. The molecule has 0 fully saturated rings. The number of benzene rings is 2. The minimum atomic E-state index is -0.208. The predicted octanol–water partition coefficient (Wildman–Crippen LogP) is 7.32. The van der Waals surface area contributed by atoms with Crippen LogP contribution in [0.2, 0.25) is 0 Å². The third-order valence-electron chi connectivity index (χ3n) is 5.92. The normalized spacial score (nSPS) is 11.5. The first-order valence-corrected chi connectivity index (χ1v) is 11.8. The van der Waals surface area contributed by atoms with Gasteiger partial charge in [-0.1, -0.05) is 34.9 Å². The summed E-state index contributed by atoms with van der Waals surface area (Å²) in [7, 11) is 0. The zero-order chi connectivity index (χ0) is 25.7. The average Bonchev–Trinajstić information content (AvgIpc) is 2.77. The lowest BCUT2D eigenvalue weighted by molar-refractivity contribution is 0.450. The molecule has 0 atom stereocenters. The first-order valence-electron chi connectivity index (χ1n) is 11.8. The molecule has 0 spiro atoms. The number of aromatic hydroxyl groups is 3. The number of allylic oxidation sites excluding steroid dienone is 6. The zero-order valence-corrected chi connectivity index (χ0v) is 21.1. The summed E-state index contributed by atoms with van der Waals surface area (Å²) < 4.78 is 6.30. The number of hydrogen-bond donors (Lipinski definition) is 3. The van der Waals surface area contributed by atoms with Crippen LogP contribution < -0.4 is 5.43 Å². The van der Waals surface area contributed by atoms with Crippen molar-refractivity contribution in [3.63, 3.8) is 0 Å². The van der Waals surface area contributed by atoms with E-state index in [1.54, 1.807) is 6.07 Å². The molecule has 0 unspecified atom stereocenters. The van der Waals surface area contributed by atoms with Crippen LogP contribution in [0.5, 0.6) is 17.2 Å². The molecular weight excluding hydrogens is 440 g/mol. The largest absolute Gasteiger partial charge is 0.508 e. The second kappa shape index (κ2) is 11.1. The Morgan fingerprint density at radius 2 is 1.51 bits per heavy atom. The van der Waals surface area contributed by atoms with E-state index in [1.807, 2.05) is 32.9 Å². The summed E-state index contributed by atoms with van der Waals surface area (Å²) in [5.74, 6) is -0.00367. The van der Waals surface area contributed by atoms with Crippen molar-refractivity contribution in [1.82, 2.24) is 0 Å². The van der Waals surface area contributed by atoms with E-state index in [0.29, 0.717) is 40.5 Å². The highest BCUT2D eigenvalue weighted by molar-refractivity contribution is 5.86. The third kappa shape index (κ3) is 6.24. The molecule has 1 heterocycles. The standard InChI is InChI=1S/C30H34O5/c1-18(2)7-6-8-20(5)10-13-24-28(34)25-15-16-26(32)22(12-9-19(3)4)29(25)35-30(24)23-14-11-21(31)17-27(23)33/h7,9-11,14-17,31-33H,6,8,12-13H2,1-5H3. The minimum Gasteiger partial charge on any atom is -0.508 e. The minimum absolute atomic E-state index is 0.0433. The summed E-state index contributed by atoms with van der Waals surface area (Å²) in [6.45, 7) is 10.1. The summed E-state index contributed by atoms with van der Waals surface area (Å²) >= 11 is 0. The van der Waals surface area contributed by atoms with Gasteiger partial charge in [0.05, 0.1) is 10.9 Å². The molecule has 0 saturated heterocycles. The Labute approximate surface area is 206 Å². The van der Waals surface area contributed by atoms with Crippen LogP contribution in [0.3, 0.4) is 0 Å². The highest BCUT2D eigenvalue weighted by Gasteiger charge is 2.21. The average molecular weight is 475 g/mol. The van der Waals surface area contributed by atoms with Crippen LogP contribution in [-0.2, 0) is 12.8 Å². The quantitative estimate of drug-likeness (QED) is 0.298. The maximum atomic E-state index is 13.7. The molecule has 184 valence electrons. The van der Waals surface area contributed by atoms with Gasteiger partial charge < -0.3 is 19.7 Å². The predicted molar refractivity (Wildman–Crippen MR) is 142 cm³/mol. The second-order valence-corrected chi connectivity index (χ2v) is 9.44. The van der Waals surface area contributed by atoms with Gasteiger partial charge in [-0.2, -0.15) is 0 Å². The van der Waals surface area contributed by atoms with E-state index >= 15 is 0 Å². The molecule has 0 aliphatic rings. The molecule has 0 saturated carbocycles. The number of phenols is 3. The van der Waals surface area contributed by atoms with Gasteiger partial charge in [0, 0.05) is 17.2 Å². The molecule has 0 radical (unpaired) electrons. The van der Waals surface area contributed by atoms with Crippen molar-refractivity contribution in [1.29, 1.82) is 0 Å². The third-order valence-corrected chi connectivity index (χ3v) is 5.92. The molecule has 5 nitrogen and oxygen atoms in total.